The van der Waals surface area contributed by atoms with Gasteiger partial charge in [0, 0.05) is 5.39 Å². The van der Waals surface area contributed by atoms with Gasteiger partial charge in [-0.15, -0.1) is 0 Å². The van der Waals surface area contributed by atoms with E-state index in [1.165, 1.54) is 16.7 Å². The quantitative estimate of drug-likeness (QED) is 0.570. The maximum Gasteiger partial charge on any atom is 0.0884 e. The van der Waals surface area contributed by atoms with Gasteiger partial charge in [-0.05, 0) is 37.1 Å². The summed E-state index contributed by atoms with van der Waals surface area (Å²) in [7, 11) is 0. The minimum Gasteiger partial charge on any atom is -0.271 e. The second kappa shape index (κ2) is 5.64. The van der Waals surface area contributed by atoms with E-state index < -0.39 is 0 Å². The topological polar surface area (TPSA) is 50.9 Å². The molecule has 0 bridgehead atoms. The first-order valence-electron chi connectivity index (χ1n) is 7.08. The van der Waals surface area contributed by atoms with Crippen molar-refractivity contribution in [1.82, 2.24) is 10.4 Å². The van der Waals surface area contributed by atoms with Gasteiger partial charge in [-0.2, -0.15) is 0 Å². The summed E-state index contributed by atoms with van der Waals surface area (Å²) >= 11 is 0. The smallest absolute Gasteiger partial charge is 0.0884 e. The third-order valence-electron chi connectivity index (χ3n) is 3.83. The Morgan fingerprint density at radius 3 is 2.62 bits per heavy atom. The molecule has 0 aliphatic heterocycles. The molecule has 21 heavy (non-hydrogen) atoms. The molecule has 106 valence electrons. The largest absolute Gasteiger partial charge is 0.271 e. The molecule has 3 N–H and O–H groups in total. The van der Waals surface area contributed by atoms with Crippen LogP contribution in [0.15, 0.2) is 54.6 Å². The summed E-state index contributed by atoms with van der Waals surface area (Å²) in [4.78, 5) is 4.75. The average molecular weight is 277 g/mol. The van der Waals surface area contributed by atoms with Gasteiger partial charge in [0.25, 0.3) is 0 Å². The third kappa shape index (κ3) is 2.66. The highest BCUT2D eigenvalue weighted by Gasteiger charge is 2.16. The Morgan fingerprint density at radius 1 is 1.00 bits per heavy atom. The summed E-state index contributed by atoms with van der Waals surface area (Å²) < 4.78 is 0. The standard InChI is InChI=1S/C18H19N3/c1-12-7-8-13(2)15(11-12)18(21-19)17-10-9-14-5-3-4-6-16(14)20-17/h3-11,18,21H,19H2,1-2H3. The van der Waals surface area contributed by atoms with E-state index in [4.69, 9.17) is 10.8 Å². The number of nitrogens with two attached hydrogens (primary N) is 1. The monoisotopic (exact) mass is 277 g/mol. The molecule has 0 saturated carbocycles. The predicted molar refractivity (Wildman–Crippen MR) is 86.8 cm³/mol. The van der Waals surface area contributed by atoms with Crippen molar-refractivity contribution in [2.75, 3.05) is 0 Å². The molecular weight excluding hydrogens is 258 g/mol. The molecule has 1 heterocycles. The SMILES string of the molecule is Cc1ccc(C)c(C(NN)c2ccc3ccccc3n2)c1. The molecule has 1 unspecified atom stereocenters. The number of benzene rings is 2. The number of aryl methyl sites for hydroxylation is 2. The van der Waals surface area contributed by atoms with Crippen LogP contribution in [0.1, 0.15) is 28.4 Å². The Labute approximate surface area is 124 Å². The fourth-order valence-electron chi connectivity index (χ4n) is 2.65. The van der Waals surface area contributed by atoms with Crippen LogP contribution < -0.4 is 11.3 Å². The van der Waals surface area contributed by atoms with Gasteiger partial charge in [0.2, 0.25) is 0 Å². The van der Waals surface area contributed by atoms with E-state index in [0.29, 0.717) is 0 Å². The number of nitrogens with one attached hydrogen (secondary N) is 1. The summed E-state index contributed by atoms with van der Waals surface area (Å²) in [6, 6.07) is 18.5. The molecule has 1 aromatic heterocycles. The van der Waals surface area contributed by atoms with Crippen LogP contribution in [0, 0.1) is 13.8 Å². The van der Waals surface area contributed by atoms with Crippen LogP contribution in [0.25, 0.3) is 10.9 Å². The van der Waals surface area contributed by atoms with Gasteiger partial charge < -0.3 is 0 Å². The molecule has 3 aromatic rings. The third-order valence-corrected chi connectivity index (χ3v) is 3.83. The van der Waals surface area contributed by atoms with Crippen molar-refractivity contribution in [3.63, 3.8) is 0 Å². The van der Waals surface area contributed by atoms with Gasteiger partial charge in [0.1, 0.15) is 0 Å². The first kappa shape index (κ1) is 13.7. The Kier molecular flexibility index (Phi) is 3.69. The van der Waals surface area contributed by atoms with Gasteiger partial charge >= 0.3 is 0 Å². The van der Waals surface area contributed by atoms with Crippen LogP contribution in [0.3, 0.4) is 0 Å². The summed E-state index contributed by atoms with van der Waals surface area (Å²) in [6.07, 6.45) is 0. The Bertz CT molecular complexity index is 780. The van der Waals surface area contributed by atoms with Crippen molar-refractivity contribution in [2.24, 2.45) is 5.84 Å². The average Bonchev–Trinajstić information content (AvgIpc) is 2.51. The second-order valence-electron chi connectivity index (χ2n) is 5.39. The number of hydrogen-bond donors (Lipinski definition) is 2. The first-order chi connectivity index (χ1) is 10.2. The molecule has 0 radical (unpaired) electrons. The lowest BCUT2D eigenvalue weighted by Gasteiger charge is -2.19. The number of aromatic nitrogens is 1. The molecule has 0 spiro atoms. The predicted octanol–water partition coefficient (Wildman–Crippen LogP) is 3.40. The van der Waals surface area contributed by atoms with Crippen LogP contribution in [0.4, 0.5) is 0 Å². The maximum absolute atomic E-state index is 5.81. The molecule has 0 fully saturated rings. The molecule has 2 aromatic carbocycles. The van der Waals surface area contributed by atoms with Crippen molar-refractivity contribution in [3.05, 3.63) is 77.0 Å². The number of fused-ring (bicyclic) bond motifs is 1. The molecule has 0 amide bonds. The van der Waals surface area contributed by atoms with Gasteiger partial charge in [-0.1, -0.05) is 48.0 Å². The maximum atomic E-state index is 5.81. The lowest BCUT2D eigenvalue weighted by molar-refractivity contribution is 0.619. The minimum atomic E-state index is -0.102. The van der Waals surface area contributed by atoms with Crippen LogP contribution in [-0.2, 0) is 0 Å². The molecule has 3 nitrogen and oxygen atoms in total. The normalized spacial score (nSPS) is 12.5. The van der Waals surface area contributed by atoms with Crippen molar-refractivity contribution < 1.29 is 0 Å². The van der Waals surface area contributed by atoms with E-state index in [-0.39, 0.29) is 6.04 Å². The van der Waals surface area contributed by atoms with Crippen LogP contribution in [0.5, 0.6) is 0 Å². The van der Waals surface area contributed by atoms with E-state index in [1.807, 2.05) is 24.3 Å². The summed E-state index contributed by atoms with van der Waals surface area (Å²) in [5.41, 5.74) is 8.42. The molecule has 3 rings (SSSR count). The molecule has 0 aliphatic carbocycles. The Balaban J connectivity index is 2.11. The highest BCUT2D eigenvalue weighted by atomic mass is 15.2. The van der Waals surface area contributed by atoms with Crippen LogP contribution >= 0.6 is 0 Å². The van der Waals surface area contributed by atoms with Gasteiger partial charge in [0.15, 0.2) is 0 Å². The zero-order chi connectivity index (χ0) is 14.8. The number of para-hydroxylation sites is 1. The van der Waals surface area contributed by atoms with E-state index in [0.717, 1.165) is 16.6 Å². The van der Waals surface area contributed by atoms with Crippen molar-refractivity contribution >= 4 is 10.9 Å². The number of rotatable bonds is 3. The molecular formula is C18H19N3. The number of hydrogen-bond acceptors (Lipinski definition) is 3. The van der Waals surface area contributed by atoms with E-state index in [2.05, 4.69) is 49.6 Å². The summed E-state index contributed by atoms with van der Waals surface area (Å²) in [6.45, 7) is 4.19. The lowest BCUT2D eigenvalue weighted by Crippen LogP contribution is -2.30. The zero-order valence-electron chi connectivity index (χ0n) is 12.3. The van der Waals surface area contributed by atoms with Crippen LogP contribution in [-0.4, -0.2) is 4.98 Å². The fourth-order valence-corrected chi connectivity index (χ4v) is 2.65. The molecule has 0 aliphatic rings. The second-order valence-corrected chi connectivity index (χ2v) is 5.39. The summed E-state index contributed by atoms with van der Waals surface area (Å²) in [5.74, 6) is 5.81. The van der Waals surface area contributed by atoms with E-state index >= 15 is 0 Å². The van der Waals surface area contributed by atoms with Gasteiger partial charge in [0.05, 0.1) is 17.3 Å². The van der Waals surface area contributed by atoms with Gasteiger partial charge in [-0.25, -0.2) is 5.43 Å². The van der Waals surface area contributed by atoms with Crippen LogP contribution in [0.2, 0.25) is 0 Å². The number of pyridine rings is 1. The van der Waals surface area contributed by atoms with Gasteiger partial charge in [-0.3, -0.25) is 10.8 Å². The Hall–Kier alpha value is -2.23. The number of hydrazine groups is 1. The molecule has 1 atom stereocenters. The lowest BCUT2D eigenvalue weighted by atomic mass is 9.96. The summed E-state index contributed by atoms with van der Waals surface area (Å²) in [5, 5.41) is 1.14. The zero-order valence-corrected chi connectivity index (χ0v) is 12.3. The van der Waals surface area contributed by atoms with E-state index in [1.54, 1.807) is 0 Å². The van der Waals surface area contributed by atoms with Crippen molar-refractivity contribution in [3.8, 4) is 0 Å². The number of nitrogens with zero attached hydrogens (tertiary/aromatic N) is 1. The molecule has 3 heteroatoms. The van der Waals surface area contributed by atoms with E-state index in [9.17, 15) is 0 Å². The van der Waals surface area contributed by atoms with Crippen molar-refractivity contribution in [1.29, 1.82) is 0 Å². The minimum absolute atomic E-state index is 0.102. The first-order valence-corrected chi connectivity index (χ1v) is 7.08. The highest BCUT2D eigenvalue weighted by Crippen LogP contribution is 2.25. The molecule has 0 saturated heterocycles. The highest BCUT2D eigenvalue weighted by molar-refractivity contribution is 5.78. The fraction of sp³-hybridized carbons (Fsp3) is 0.167. The Morgan fingerprint density at radius 2 is 1.81 bits per heavy atom. The van der Waals surface area contributed by atoms with Crippen molar-refractivity contribution in [2.45, 2.75) is 19.9 Å².